The molecule has 37 heavy (non-hydrogen) atoms. The Morgan fingerprint density at radius 3 is 2.43 bits per heavy atom. The summed E-state index contributed by atoms with van der Waals surface area (Å²) in [5, 5.41) is 7.73. The normalized spacial score (nSPS) is 26.6. The summed E-state index contributed by atoms with van der Waals surface area (Å²) in [7, 11) is 1.58. The summed E-state index contributed by atoms with van der Waals surface area (Å²) in [5.74, 6) is 0.628. The Bertz CT molecular complexity index is 1490. The van der Waals surface area contributed by atoms with Gasteiger partial charge in [0, 0.05) is 0 Å². The maximum absolute atomic E-state index is 13.2. The number of ether oxygens (including phenoxy) is 2. The molecule has 2 amide bonds. The number of amides is 2. The summed E-state index contributed by atoms with van der Waals surface area (Å²) in [6.07, 6.45) is 8.11. The molecule has 3 aliphatic carbocycles. The highest BCUT2D eigenvalue weighted by Gasteiger charge is 2.73. The molecule has 4 atom stereocenters. The van der Waals surface area contributed by atoms with Crippen LogP contribution in [0.25, 0.3) is 10.8 Å². The average molecular weight is 557 g/mol. The summed E-state index contributed by atoms with van der Waals surface area (Å²) in [6.45, 7) is 0.376. The highest BCUT2D eigenvalue weighted by molar-refractivity contribution is 9.10. The van der Waals surface area contributed by atoms with Crippen LogP contribution in [0.2, 0.25) is 0 Å². The third-order valence-corrected chi connectivity index (χ3v) is 9.24. The quantitative estimate of drug-likeness (QED) is 0.221. The lowest BCUT2D eigenvalue weighted by Crippen LogP contribution is -2.30. The Labute approximate surface area is 223 Å². The first-order valence-electron chi connectivity index (χ1n) is 12.6. The van der Waals surface area contributed by atoms with Crippen LogP contribution in [0.15, 0.2) is 76.3 Å². The molecule has 1 spiro atoms. The first kappa shape index (κ1) is 22.7. The van der Waals surface area contributed by atoms with Gasteiger partial charge in [-0.25, -0.2) is 0 Å². The zero-order valence-corrected chi connectivity index (χ0v) is 21.9. The van der Waals surface area contributed by atoms with Crippen LogP contribution in [0.1, 0.15) is 24.0 Å². The van der Waals surface area contributed by atoms with Crippen LogP contribution in [-0.2, 0) is 16.2 Å². The fraction of sp³-hybridized carbons (Fsp3) is 0.300. The molecule has 3 fully saturated rings. The van der Waals surface area contributed by atoms with E-state index in [9.17, 15) is 9.59 Å². The number of carbonyl (C=O) groups is 2. The second-order valence-electron chi connectivity index (χ2n) is 10.4. The molecule has 186 valence electrons. The molecule has 0 unspecified atom stereocenters. The molecule has 0 radical (unpaired) electrons. The SMILES string of the molecule is COc1cc(/C=N\N2C(=O)[C@@H]3[C@H](C2=O)[C@H]2C=C[C@H]3C23CC3)cc(Br)c1OCc1cccc2ccccc12. The van der Waals surface area contributed by atoms with Crippen molar-refractivity contribution in [3.63, 3.8) is 0 Å². The van der Waals surface area contributed by atoms with Crippen LogP contribution in [0.5, 0.6) is 11.5 Å². The summed E-state index contributed by atoms with van der Waals surface area (Å²) >= 11 is 3.60. The van der Waals surface area contributed by atoms with E-state index in [1.54, 1.807) is 19.4 Å². The van der Waals surface area contributed by atoms with E-state index in [1.165, 1.54) is 0 Å². The summed E-state index contributed by atoms with van der Waals surface area (Å²) in [6, 6.07) is 18.0. The number of methoxy groups -OCH3 is 1. The molecule has 1 saturated heterocycles. The van der Waals surface area contributed by atoms with Crippen LogP contribution in [-0.4, -0.2) is 30.1 Å². The van der Waals surface area contributed by atoms with Crippen molar-refractivity contribution >= 4 is 44.7 Å². The van der Waals surface area contributed by atoms with E-state index in [2.05, 4.69) is 57.4 Å². The minimum absolute atomic E-state index is 0.171. The number of carbonyl (C=O) groups excluding carboxylic acids is 2. The number of benzene rings is 3. The Balaban J connectivity index is 1.11. The zero-order valence-electron chi connectivity index (χ0n) is 20.3. The van der Waals surface area contributed by atoms with Gasteiger partial charge in [-0.2, -0.15) is 10.1 Å². The second-order valence-corrected chi connectivity index (χ2v) is 11.3. The molecule has 7 rings (SSSR count). The number of hydrogen-bond donors (Lipinski definition) is 0. The molecule has 1 heterocycles. The minimum atomic E-state index is -0.256. The summed E-state index contributed by atoms with van der Waals surface area (Å²) in [4.78, 5) is 26.4. The average Bonchev–Trinajstić information content (AvgIpc) is 3.51. The molecule has 3 aromatic rings. The van der Waals surface area contributed by atoms with Gasteiger partial charge in [0.05, 0.1) is 29.6 Å². The lowest BCUT2D eigenvalue weighted by atomic mass is 9.85. The smallest absolute Gasteiger partial charge is 0.254 e. The maximum atomic E-state index is 13.2. The van der Waals surface area contributed by atoms with Crippen molar-refractivity contribution < 1.29 is 19.1 Å². The van der Waals surface area contributed by atoms with Gasteiger partial charge >= 0.3 is 0 Å². The third-order valence-electron chi connectivity index (χ3n) is 8.66. The van der Waals surface area contributed by atoms with Gasteiger partial charge in [-0.05, 0) is 80.1 Å². The second kappa shape index (κ2) is 8.28. The Kier molecular flexibility index (Phi) is 5.09. The number of nitrogens with zero attached hydrogens (tertiary/aromatic N) is 2. The molecular formula is C30H25BrN2O4. The fourth-order valence-electron chi connectivity index (χ4n) is 6.82. The molecule has 7 heteroatoms. The van der Waals surface area contributed by atoms with E-state index in [-0.39, 0.29) is 40.9 Å². The monoisotopic (exact) mass is 556 g/mol. The van der Waals surface area contributed by atoms with Gasteiger partial charge in [0.2, 0.25) is 0 Å². The van der Waals surface area contributed by atoms with Crippen molar-refractivity contribution in [1.29, 1.82) is 0 Å². The van der Waals surface area contributed by atoms with Crippen LogP contribution in [0.3, 0.4) is 0 Å². The molecular weight excluding hydrogens is 532 g/mol. The lowest BCUT2D eigenvalue weighted by molar-refractivity contribution is -0.141. The largest absolute Gasteiger partial charge is 0.493 e. The van der Waals surface area contributed by atoms with Crippen LogP contribution in [0, 0.1) is 29.1 Å². The number of rotatable bonds is 6. The van der Waals surface area contributed by atoms with Gasteiger partial charge in [-0.1, -0.05) is 54.6 Å². The standard InChI is InChI=1S/C30H25BrN2O4/c1-36-24-14-17(13-23(31)27(24)37-16-19-7-4-6-18-5-2-3-8-20(18)19)15-32-33-28(34)25-21-9-10-22(26(25)29(33)35)30(21)11-12-30/h2-10,13-15,21-22,25-26H,11-12,16H2,1H3/b32-15-/t21-,22-,25-,26+/m1/s1. The van der Waals surface area contributed by atoms with Gasteiger partial charge in [0.25, 0.3) is 11.8 Å². The fourth-order valence-corrected chi connectivity index (χ4v) is 7.40. The predicted molar refractivity (Wildman–Crippen MR) is 143 cm³/mol. The number of hydrazone groups is 1. The van der Waals surface area contributed by atoms with E-state index in [0.29, 0.717) is 28.1 Å². The first-order valence-corrected chi connectivity index (χ1v) is 13.4. The Hall–Kier alpha value is -3.45. The van der Waals surface area contributed by atoms with E-state index in [1.807, 2.05) is 24.3 Å². The predicted octanol–water partition coefficient (Wildman–Crippen LogP) is 5.72. The van der Waals surface area contributed by atoms with Crippen LogP contribution in [0.4, 0.5) is 0 Å². The van der Waals surface area contributed by atoms with Crippen LogP contribution >= 0.6 is 15.9 Å². The Morgan fingerprint density at radius 2 is 1.73 bits per heavy atom. The summed E-state index contributed by atoms with van der Waals surface area (Å²) < 4.78 is 12.5. The van der Waals surface area contributed by atoms with Gasteiger partial charge < -0.3 is 9.47 Å². The van der Waals surface area contributed by atoms with Gasteiger partial charge in [0.15, 0.2) is 11.5 Å². The van der Waals surface area contributed by atoms with Gasteiger partial charge in [0.1, 0.15) is 6.61 Å². The van der Waals surface area contributed by atoms with E-state index >= 15 is 0 Å². The first-order chi connectivity index (χ1) is 18.0. The van der Waals surface area contributed by atoms with Gasteiger partial charge in [-0.3, -0.25) is 9.59 Å². The van der Waals surface area contributed by atoms with Gasteiger partial charge in [-0.15, -0.1) is 0 Å². The van der Waals surface area contributed by atoms with E-state index in [0.717, 1.165) is 34.2 Å². The van der Waals surface area contributed by atoms with Crippen molar-refractivity contribution in [2.24, 2.45) is 34.2 Å². The number of hydrogen-bond acceptors (Lipinski definition) is 5. The molecule has 2 saturated carbocycles. The zero-order chi connectivity index (χ0) is 25.3. The molecule has 0 aromatic heterocycles. The number of halogens is 1. The minimum Gasteiger partial charge on any atom is -0.493 e. The van der Waals surface area contributed by atoms with Crippen molar-refractivity contribution in [3.05, 3.63) is 82.3 Å². The molecule has 6 nitrogen and oxygen atoms in total. The van der Waals surface area contributed by atoms with Crippen molar-refractivity contribution in [2.75, 3.05) is 7.11 Å². The molecule has 3 aromatic carbocycles. The van der Waals surface area contributed by atoms with E-state index < -0.39 is 0 Å². The number of imide groups is 1. The van der Waals surface area contributed by atoms with Crippen LogP contribution < -0.4 is 9.47 Å². The lowest BCUT2D eigenvalue weighted by Gasteiger charge is -2.18. The van der Waals surface area contributed by atoms with Crippen molar-refractivity contribution in [3.8, 4) is 11.5 Å². The maximum Gasteiger partial charge on any atom is 0.254 e. The summed E-state index contributed by atoms with van der Waals surface area (Å²) in [5.41, 5.74) is 1.95. The molecule has 2 bridgehead atoms. The Morgan fingerprint density at radius 1 is 1.03 bits per heavy atom. The molecule has 4 aliphatic rings. The van der Waals surface area contributed by atoms with Crippen molar-refractivity contribution in [2.45, 2.75) is 19.4 Å². The molecule has 1 aliphatic heterocycles. The third kappa shape index (κ3) is 3.33. The number of allylic oxidation sites excluding steroid dienone is 2. The number of fused-ring (bicyclic) bond motifs is 4. The topological polar surface area (TPSA) is 68.2 Å². The van der Waals surface area contributed by atoms with E-state index in [4.69, 9.17) is 9.47 Å². The highest BCUT2D eigenvalue weighted by atomic mass is 79.9. The van der Waals surface area contributed by atoms with Crippen molar-refractivity contribution in [1.82, 2.24) is 5.01 Å². The highest BCUT2D eigenvalue weighted by Crippen LogP contribution is 2.73. The molecule has 0 N–H and O–H groups in total.